The van der Waals surface area contributed by atoms with Crippen molar-refractivity contribution in [1.82, 2.24) is 0 Å². The van der Waals surface area contributed by atoms with Crippen LogP contribution in [0.25, 0.3) is 0 Å². The smallest absolute Gasteiger partial charge is 0.183 e. The van der Waals surface area contributed by atoms with Gasteiger partial charge in [0.05, 0.1) is 24.5 Å². The highest BCUT2D eigenvalue weighted by atomic mass is 28.4. The Morgan fingerprint density at radius 2 is 1.94 bits per heavy atom. The van der Waals surface area contributed by atoms with Crippen LogP contribution in [0.2, 0.25) is 19.6 Å². The molecule has 2 bridgehead atoms. The lowest BCUT2D eigenvalue weighted by atomic mass is 9.46. The van der Waals surface area contributed by atoms with Gasteiger partial charge in [0, 0.05) is 5.41 Å². The van der Waals surface area contributed by atoms with Crippen LogP contribution in [0.15, 0.2) is 16.8 Å². The molecule has 6 aliphatic rings. The van der Waals surface area contributed by atoms with Gasteiger partial charge in [-0.2, -0.15) is 0 Å². The summed E-state index contributed by atoms with van der Waals surface area (Å²) in [6.45, 7) is 10.1. The number of hydrogen-bond donors (Lipinski definition) is 0. The van der Waals surface area contributed by atoms with Gasteiger partial charge < -0.3 is 18.7 Å². The second kappa shape index (κ2) is 6.91. The van der Waals surface area contributed by atoms with Gasteiger partial charge in [0.2, 0.25) is 0 Å². The molecule has 5 nitrogen and oxygen atoms in total. The summed E-state index contributed by atoms with van der Waals surface area (Å²) in [6, 6.07) is 0. The van der Waals surface area contributed by atoms with E-state index in [1.807, 2.05) is 0 Å². The van der Waals surface area contributed by atoms with Crippen molar-refractivity contribution in [2.24, 2.45) is 39.7 Å². The fraction of sp³-hybridized carbons (Fsp3) is 0.880. The molecule has 4 aliphatic carbocycles. The van der Waals surface area contributed by atoms with Crippen LogP contribution in [-0.4, -0.2) is 46.2 Å². The Kier molecular flexibility index (Phi) is 4.65. The lowest BCUT2D eigenvalue weighted by molar-refractivity contribution is -0.165. The molecule has 172 valence electrons. The van der Waals surface area contributed by atoms with Gasteiger partial charge in [0.1, 0.15) is 7.11 Å². The summed E-state index contributed by atoms with van der Waals surface area (Å²) in [5.74, 6) is 2.78. The second-order valence-corrected chi connectivity index (χ2v) is 16.8. The van der Waals surface area contributed by atoms with Crippen molar-refractivity contribution in [2.75, 3.05) is 13.7 Å². The Morgan fingerprint density at radius 3 is 2.71 bits per heavy atom. The molecule has 6 heteroatoms. The summed E-state index contributed by atoms with van der Waals surface area (Å²) >= 11 is 0. The number of nitrogens with zero attached hydrogens (tertiary/aromatic N) is 1. The summed E-state index contributed by atoms with van der Waals surface area (Å²) in [5, 5.41) is 4.26. The quantitative estimate of drug-likeness (QED) is 0.444. The van der Waals surface area contributed by atoms with E-state index in [9.17, 15) is 0 Å². The largest absolute Gasteiger partial charge is 0.415 e. The van der Waals surface area contributed by atoms with E-state index in [2.05, 4.69) is 37.8 Å². The van der Waals surface area contributed by atoms with E-state index in [1.165, 1.54) is 38.5 Å². The molecule has 1 spiro atoms. The van der Waals surface area contributed by atoms with Crippen molar-refractivity contribution in [2.45, 2.75) is 90.0 Å². The van der Waals surface area contributed by atoms with Gasteiger partial charge in [-0.15, -0.1) is 0 Å². The van der Waals surface area contributed by atoms with Crippen LogP contribution in [0, 0.1) is 34.5 Å². The number of rotatable bonds is 4. The molecule has 0 radical (unpaired) electrons. The molecule has 0 N–H and O–H groups in total. The van der Waals surface area contributed by atoms with Crippen molar-refractivity contribution < 1.29 is 18.7 Å². The minimum atomic E-state index is -1.54. The Morgan fingerprint density at radius 1 is 1.13 bits per heavy atom. The maximum Gasteiger partial charge on any atom is 0.183 e. The summed E-state index contributed by atoms with van der Waals surface area (Å²) in [4.78, 5) is 5.08. The Hall–Kier alpha value is -0.693. The van der Waals surface area contributed by atoms with Gasteiger partial charge in [-0.25, -0.2) is 0 Å². The Bertz CT molecular complexity index is 821. The molecule has 2 aliphatic heterocycles. The molecule has 1 unspecified atom stereocenters. The molecule has 9 atom stereocenters. The Balaban J connectivity index is 1.29. The third kappa shape index (κ3) is 2.87. The highest BCUT2D eigenvalue weighted by molar-refractivity contribution is 6.69. The number of allylic oxidation sites excluding steroid dienone is 2. The highest BCUT2D eigenvalue weighted by Gasteiger charge is 2.74. The van der Waals surface area contributed by atoms with Gasteiger partial charge in [0.15, 0.2) is 14.6 Å². The fourth-order valence-corrected chi connectivity index (χ4v) is 9.55. The van der Waals surface area contributed by atoms with Crippen molar-refractivity contribution in [3.05, 3.63) is 11.6 Å². The maximum absolute atomic E-state index is 6.85. The first-order valence-corrected chi connectivity index (χ1v) is 15.9. The van der Waals surface area contributed by atoms with Gasteiger partial charge in [-0.3, -0.25) is 0 Å². The van der Waals surface area contributed by atoms with Gasteiger partial charge in [-0.1, -0.05) is 17.7 Å². The van der Waals surface area contributed by atoms with Crippen molar-refractivity contribution in [1.29, 1.82) is 0 Å². The first-order chi connectivity index (χ1) is 14.8. The van der Waals surface area contributed by atoms with Crippen molar-refractivity contribution >= 4 is 14.0 Å². The number of hydrogen-bond acceptors (Lipinski definition) is 5. The molecule has 31 heavy (non-hydrogen) atoms. The van der Waals surface area contributed by atoms with Crippen LogP contribution in [0.5, 0.6) is 0 Å². The summed E-state index contributed by atoms with van der Waals surface area (Å²) in [6.07, 6.45) is 11.5. The second-order valence-electron chi connectivity index (χ2n) is 12.3. The normalized spacial score (nSPS) is 51.3. The predicted octanol–water partition coefficient (Wildman–Crippen LogP) is 5.13. The summed E-state index contributed by atoms with van der Waals surface area (Å²) in [5.41, 5.74) is 3.19. The van der Waals surface area contributed by atoms with Crippen molar-refractivity contribution in [3.63, 3.8) is 0 Å². The van der Waals surface area contributed by atoms with Crippen LogP contribution in [0.1, 0.15) is 51.9 Å². The third-order valence-corrected chi connectivity index (χ3v) is 11.0. The van der Waals surface area contributed by atoms with E-state index >= 15 is 0 Å². The SMILES string of the molecule is CO/N=C1\C=C2CC[C@@H]3[C@H]([C@@H]4C[C@]56C(O4)O[C@@H](CO[Si](C)(C)C)[C@H]5CC[C@@H]36)[C@@]2(C)CC1. The first-order valence-electron chi connectivity index (χ1n) is 12.5. The molecule has 0 aromatic rings. The molecule has 2 saturated heterocycles. The van der Waals surface area contributed by atoms with Crippen LogP contribution in [0.3, 0.4) is 0 Å². The van der Waals surface area contributed by atoms with Crippen LogP contribution in [0.4, 0.5) is 0 Å². The van der Waals surface area contributed by atoms with E-state index in [4.69, 9.17) is 18.7 Å². The minimum Gasteiger partial charge on any atom is -0.415 e. The van der Waals surface area contributed by atoms with E-state index in [1.54, 1.807) is 12.7 Å². The Labute approximate surface area is 188 Å². The molecule has 6 rings (SSSR count). The van der Waals surface area contributed by atoms with Crippen molar-refractivity contribution in [3.8, 4) is 0 Å². The lowest BCUT2D eigenvalue weighted by Gasteiger charge is -2.57. The van der Waals surface area contributed by atoms with E-state index in [0.717, 1.165) is 30.6 Å². The van der Waals surface area contributed by atoms with Crippen LogP contribution in [-0.2, 0) is 18.7 Å². The first kappa shape index (κ1) is 20.9. The minimum absolute atomic E-state index is 0.000991. The topological polar surface area (TPSA) is 49.3 Å². The van der Waals surface area contributed by atoms with Gasteiger partial charge >= 0.3 is 0 Å². The van der Waals surface area contributed by atoms with Crippen LogP contribution < -0.4 is 0 Å². The highest BCUT2D eigenvalue weighted by Crippen LogP contribution is 2.74. The summed E-state index contributed by atoms with van der Waals surface area (Å²) in [7, 11) is 0.114. The monoisotopic (exact) mass is 445 g/mol. The average Bonchev–Trinajstić information content (AvgIpc) is 3.31. The third-order valence-electron chi connectivity index (χ3n) is 9.93. The zero-order chi connectivity index (χ0) is 21.6. The standard InChI is InChI=1S/C25H39NO4Si/c1-24-11-10-16(26-27-2)12-15(24)6-7-17-18-8-9-19-21(14-28-31(3,4)5)30-23-25(18,19)13-20(29-23)22(17)24/h12,17-23H,6-11,13-14H2,1-5H3/b26-16-/t17-,18-,19+,20-,21-,22+,23?,24-,25+/m0/s1. The number of ether oxygens (including phenoxy) is 2. The zero-order valence-electron chi connectivity index (χ0n) is 19.9. The molecular weight excluding hydrogens is 406 g/mol. The molecule has 0 aromatic carbocycles. The molecule has 0 aromatic heterocycles. The average molecular weight is 446 g/mol. The molecule has 2 heterocycles. The number of oxime groups is 1. The molecule has 0 amide bonds. The van der Waals surface area contributed by atoms with Crippen LogP contribution >= 0.6 is 0 Å². The zero-order valence-corrected chi connectivity index (χ0v) is 20.9. The molecule has 5 fully saturated rings. The molecule has 3 saturated carbocycles. The van der Waals surface area contributed by atoms with Gasteiger partial charge in [0.25, 0.3) is 0 Å². The lowest BCUT2D eigenvalue weighted by Crippen LogP contribution is -2.54. The van der Waals surface area contributed by atoms with E-state index in [-0.39, 0.29) is 23.2 Å². The van der Waals surface area contributed by atoms with E-state index in [0.29, 0.717) is 17.9 Å². The maximum atomic E-state index is 6.85. The molecular formula is C25H39NO4Si. The van der Waals surface area contributed by atoms with Gasteiger partial charge in [-0.05, 0) is 99.7 Å². The predicted molar refractivity (Wildman–Crippen MR) is 122 cm³/mol. The summed E-state index contributed by atoms with van der Waals surface area (Å²) < 4.78 is 19.8. The fourth-order valence-electron chi connectivity index (χ4n) is 8.88. The number of fused-ring (bicyclic) bond motifs is 6. The van der Waals surface area contributed by atoms with E-state index < -0.39 is 8.32 Å².